The Hall–Kier alpha value is -3.84. The number of halogens is 1. The maximum absolute atomic E-state index is 13.4. The van der Waals surface area contributed by atoms with Crippen LogP contribution in [0.4, 0.5) is 10.1 Å². The topological polar surface area (TPSA) is 54.2 Å². The molecule has 5 nitrogen and oxygen atoms in total. The van der Waals surface area contributed by atoms with E-state index in [1.807, 2.05) is 42.2 Å². The number of aryl methyl sites for hydroxylation is 1. The first-order chi connectivity index (χ1) is 16.5. The molecule has 1 atom stereocenters. The number of thiocarbonyl (C=S) groups is 1. The first-order valence-corrected chi connectivity index (χ1v) is 11.5. The van der Waals surface area contributed by atoms with Crippen molar-refractivity contribution in [1.29, 1.82) is 0 Å². The molecule has 1 aliphatic rings. The summed E-state index contributed by atoms with van der Waals surface area (Å²) < 4.78 is 19.1. The maximum atomic E-state index is 13.4. The molecule has 4 aromatic rings. The molecule has 0 spiro atoms. The van der Waals surface area contributed by atoms with Gasteiger partial charge in [-0.05, 0) is 73.1 Å². The van der Waals surface area contributed by atoms with Crippen molar-refractivity contribution < 1.29 is 8.91 Å². The average Bonchev–Trinajstić information content (AvgIpc) is 3.34. The Bertz CT molecular complexity index is 1350. The third kappa shape index (κ3) is 4.10. The van der Waals surface area contributed by atoms with Crippen molar-refractivity contribution in [3.05, 3.63) is 107 Å². The Morgan fingerprint density at radius 3 is 2.38 bits per heavy atom. The van der Waals surface area contributed by atoms with Crippen LogP contribution < -0.4 is 10.2 Å². The van der Waals surface area contributed by atoms with E-state index in [0.717, 1.165) is 28.9 Å². The van der Waals surface area contributed by atoms with Crippen LogP contribution in [0.2, 0.25) is 0 Å². The second kappa shape index (κ2) is 9.19. The molecule has 170 valence electrons. The van der Waals surface area contributed by atoms with Crippen LogP contribution in [-0.4, -0.2) is 15.3 Å². The monoisotopic (exact) mass is 470 g/mol. The fraction of sp³-hybridized carbons (Fsp3) is 0.148. The molecule has 0 saturated carbocycles. The molecule has 0 radical (unpaired) electrons. The Labute approximate surface area is 202 Å². The summed E-state index contributed by atoms with van der Waals surface area (Å²) >= 11 is 5.79. The van der Waals surface area contributed by atoms with Crippen LogP contribution in [0, 0.1) is 5.82 Å². The van der Waals surface area contributed by atoms with Crippen molar-refractivity contribution in [1.82, 2.24) is 15.5 Å². The number of benzene rings is 3. The third-order valence-electron chi connectivity index (χ3n) is 5.98. The normalized spacial score (nSPS) is 16.0. The summed E-state index contributed by atoms with van der Waals surface area (Å²) in [6.45, 7) is 4.14. The summed E-state index contributed by atoms with van der Waals surface area (Å²) in [4.78, 5) is 6.65. The molecular formula is C27H23FN4OS. The smallest absolute Gasteiger partial charge is 0.258 e. The van der Waals surface area contributed by atoms with Crippen molar-refractivity contribution in [2.75, 3.05) is 4.90 Å². The Morgan fingerprint density at radius 1 is 1.00 bits per heavy atom. The minimum absolute atomic E-state index is 0.264. The fourth-order valence-corrected chi connectivity index (χ4v) is 4.51. The number of anilines is 1. The molecule has 5 rings (SSSR count). The average molecular weight is 471 g/mol. The molecule has 7 heteroatoms. The number of nitrogens with zero attached hydrogens (tertiary/aromatic N) is 3. The van der Waals surface area contributed by atoms with Gasteiger partial charge in [0.1, 0.15) is 5.82 Å². The van der Waals surface area contributed by atoms with E-state index in [-0.39, 0.29) is 11.9 Å². The minimum atomic E-state index is -0.315. The summed E-state index contributed by atoms with van der Waals surface area (Å²) in [5, 5.41) is 8.25. The Balaban J connectivity index is 1.63. The van der Waals surface area contributed by atoms with Gasteiger partial charge in [0.15, 0.2) is 5.11 Å². The first kappa shape index (κ1) is 22.0. The SMILES string of the molecule is CCc1ccc(C2NC(=S)N(c3ccccc3)C(C)=C2c2nc(-c3ccc(F)cc3)no2)cc1. The highest BCUT2D eigenvalue weighted by Crippen LogP contribution is 2.39. The van der Waals surface area contributed by atoms with Crippen LogP contribution in [0.1, 0.15) is 36.9 Å². The molecule has 0 amide bonds. The van der Waals surface area contributed by atoms with E-state index in [4.69, 9.17) is 16.7 Å². The van der Waals surface area contributed by atoms with E-state index in [2.05, 4.69) is 46.6 Å². The van der Waals surface area contributed by atoms with Gasteiger partial charge in [-0.1, -0.05) is 54.5 Å². The fourth-order valence-electron chi connectivity index (χ4n) is 4.15. The summed E-state index contributed by atoms with van der Waals surface area (Å²) in [7, 11) is 0. The number of para-hydroxylation sites is 1. The summed E-state index contributed by atoms with van der Waals surface area (Å²) in [5.41, 5.74) is 5.65. The third-order valence-corrected chi connectivity index (χ3v) is 6.28. The summed E-state index contributed by atoms with van der Waals surface area (Å²) in [5.74, 6) is 0.470. The van der Waals surface area contributed by atoms with E-state index >= 15 is 0 Å². The molecule has 3 aromatic carbocycles. The summed E-state index contributed by atoms with van der Waals surface area (Å²) in [6.07, 6.45) is 0.963. The van der Waals surface area contributed by atoms with E-state index in [0.29, 0.717) is 22.4 Å². The number of rotatable bonds is 5. The van der Waals surface area contributed by atoms with Crippen LogP contribution in [0.3, 0.4) is 0 Å². The van der Waals surface area contributed by atoms with Crippen LogP contribution in [0.25, 0.3) is 17.0 Å². The molecule has 1 N–H and O–H groups in total. The van der Waals surface area contributed by atoms with Crippen molar-refractivity contribution in [3.8, 4) is 11.4 Å². The zero-order chi connectivity index (χ0) is 23.7. The molecule has 0 aliphatic carbocycles. The number of hydrogen-bond acceptors (Lipinski definition) is 4. The number of nitrogens with one attached hydrogen (secondary N) is 1. The van der Waals surface area contributed by atoms with E-state index in [1.54, 1.807) is 12.1 Å². The quantitative estimate of drug-likeness (QED) is 0.345. The predicted molar refractivity (Wildman–Crippen MR) is 136 cm³/mol. The summed E-state index contributed by atoms with van der Waals surface area (Å²) in [6, 6.07) is 24.1. The second-order valence-corrected chi connectivity index (χ2v) is 8.46. The molecular weight excluding hydrogens is 447 g/mol. The van der Waals surface area contributed by atoms with Crippen molar-refractivity contribution in [3.63, 3.8) is 0 Å². The molecule has 0 fully saturated rings. The standard InChI is InChI=1S/C27H23FN4OS/c1-3-18-9-11-19(12-10-18)24-23(17(2)32(27(34)29-24)22-7-5-4-6-8-22)26-30-25(31-33-26)20-13-15-21(28)16-14-20/h4-16,24H,3H2,1-2H3,(H,29,34). The highest BCUT2D eigenvalue weighted by atomic mass is 32.1. The van der Waals surface area contributed by atoms with Gasteiger partial charge in [0.05, 0.1) is 11.6 Å². The molecule has 0 saturated heterocycles. The molecule has 1 aliphatic heterocycles. The maximum Gasteiger partial charge on any atom is 0.258 e. The Kier molecular flexibility index (Phi) is 5.94. The van der Waals surface area contributed by atoms with E-state index in [9.17, 15) is 4.39 Å². The van der Waals surface area contributed by atoms with Gasteiger partial charge >= 0.3 is 0 Å². The molecule has 1 unspecified atom stereocenters. The zero-order valence-electron chi connectivity index (χ0n) is 18.8. The van der Waals surface area contributed by atoms with Gasteiger partial charge in [-0.25, -0.2) is 4.39 Å². The lowest BCUT2D eigenvalue weighted by Crippen LogP contribution is -2.46. The highest BCUT2D eigenvalue weighted by molar-refractivity contribution is 7.80. The molecule has 1 aromatic heterocycles. The van der Waals surface area contributed by atoms with E-state index in [1.165, 1.54) is 17.7 Å². The van der Waals surface area contributed by atoms with Gasteiger partial charge in [0.25, 0.3) is 5.89 Å². The molecule has 0 bridgehead atoms. The van der Waals surface area contributed by atoms with Gasteiger partial charge in [0, 0.05) is 16.9 Å². The lowest BCUT2D eigenvalue weighted by molar-refractivity contribution is 0.404. The second-order valence-electron chi connectivity index (χ2n) is 8.08. The Morgan fingerprint density at radius 2 is 1.71 bits per heavy atom. The van der Waals surface area contributed by atoms with Gasteiger partial charge in [-0.2, -0.15) is 4.98 Å². The first-order valence-electron chi connectivity index (χ1n) is 11.1. The van der Waals surface area contributed by atoms with Crippen LogP contribution in [0.15, 0.2) is 89.1 Å². The van der Waals surface area contributed by atoms with Crippen LogP contribution in [-0.2, 0) is 6.42 Å². The van der Waals surface area contributed by atoms with Crippen LogP contribution >= 0.6 is 12.2 Å². The lowest BCUT2D eigenvalue weighted by Gasteiger charge is -2.37. The molecule has 34 heavy (non-hydrogen) atoms. The number of hydrogen-bond donors (Lipinski definition) is 1. The zero-order valence-corrected chi connectivity index (χ0v) is 19.6. The van der Waals surface area contributed by atoms with Crippen molar-refractivity contribution >= 4 is 28.6 Å². The number of allylic oxidation sites excluding steroid dienone is 1. The van der Waals surface area contributed by atoms with Gasteiger partial charge < -0.3 is 9.84 Å². The van der Waals surface area contributed by atoms with Gasteiger partial charge in [0.2, 0.25) is 5.82 Å². The predicted octanol–water partition coefficient (Wildman–Crippen LogP) is 6.31. The highest BCUT2D eigenvalue weighted by Gasteiger charge is 2.34. The lowest BCUT2D eigenvalue weighted by atomic mass is 9.93. The largest absolute Gasteiger partial charge is 0.351 e. The van der Waals surface area contributed by atoms with E-state index < -0.39 is 0 Å². The molecule has 2 heterocycles. The van der Waals surface area contributed by atoms with Gasteiger partial charge in [-0.3, -0.25) is 4.90 Å². The van der Waals surface area contributed by atoms with Gasteiger partial charge in [-0.15, -0.1) is 0 Å². The van der Waals surface area contributed by atoms with Crippen molar-refractivity contribution in [2.45, 2.75) is 26.3 Å². The minimum Gasteiger partial charge on any atom is -0.351 e. The number of aromatic nitrogens is 2. The van der Waals surface area contributed by atoms with Crippen LogP contribution in [0.5, 0.6) is 0 Å². The van der Waals surface area contributed by atoms with Crippen molar-refractivity contribution in [2.24, 2.45) is 0 Å².